The van der Waals surface area contributed by atoms with Gasteiger partial charge in [0.15, 0.2) is 11.5 Å². The van der Waals surface area contributed by atoms with Crippen molar-refractivity contribution >= 4 is 0 Å². The maximum atomic E-state index is 9.84. The van der Waals surface area contributed by atoms with Crippen LogP contribution in [0.15, 0.2) is 12.1 Å². The molecule has 0 radical (unpaired) electrons. The summed E-state index contributed by atoms with van der Waals surface area (Å²) >= 11 is 0. The number of nitrogens with one attached hydrogen (secondary N) is 1. The summed E-state index contributed by atoms with van der Waals surface area (Å²) in [7, 11) is 3.09. The van der Waals surface area contributed by atoms with Crippen LogP contribution in [0.4, 0.5) is 0 Å². The predicted molar refractivity (Wildman–Crippen MR) is 74.9 cm³/mol. The van der Waals surface area contributed by atoms with Crippen LogP contribution in [-0.2, 0) is 6.54 Å². The zero-order valence-electron chi connectivity index (χ0n) is 12.0. The van der Waals surface area contributed by atoms with E-state index in [0.29, 0.717) is 16.9 Å². The zero-order valence-corrected chi connectivity index (χ0v) is 12.0. The van der Waals surface area contributed by atoms with Crippen molar-refractivity contribution in [1.29, 1.82) is 0 Å². The summed E-state index contributed by atoms with van der Waals surface area (Å²) in [5, 5.41) is 13.3. The van der Waals surface area contributed by atoms with Gasteiger partial charge in [-0.2, -0.15) is 0 Å². The van der Waals surface area contributed by atoms with Crippen molar-refractivity contribution in [3.05, 3.63) is 17.7 Å². The zero-order chi connectivity index (χ0) is 13.9. The normalized spacial score (nSPS) is 16.8. The Morgan fingerprint density at radius 1 is 1.21 bits per heavy atom. The van der Waals surface area contributed by atoms with Crippen molar-refractivity contribution < 1.29 is 14.6 Å². The molecule has 0 saturated heterocycles. The summed E-state index contributed by atoms with van der Waals surface area (Å²) in [5.41, 5.74) is 1.51. The molecule has 0 heterocycles. The van der Waals surface area contributed by atoms with Gasteiger partial charge in [-0.15, -0.1) is 0 Å². The number of phenolic OH excluding ortho intramolecular Hbond substituents is 1. The number of hydrogen-bond donors (Lipinski definition) is 2. The van der Waals surface area contributed by atoms with E-state index >= 15 is 0 Å². The van der Waals surface area contributed by atoms with E-state index in [1.54, 1.807) is 14.2 Å². The summed E-state index contributed by atoms with van der Waals surface area (Å²) in [5.74, 6) is 0.955. The molecule has 0 atom stereocenters. The molecule has 0 unspecified atom stereocenters. The van der Waals surface area contributed by atoms with E-state index in [0.717, 1.165) is 18.7 Å². The van der Waals surface area contributed by atoms with Gasteiger partial charge in [-0.05, 0) is 36.0 Å². The summed E-state index contributed by atoms with van der Waals surface area (Å²) in [6.07, 6.45) is 3.96. The minimum atomic E-state index is 0.0553. The highest BCUT2D eigenvalue weighted by atomic mass is 16.5. The van der Waals surface area contributed by atoms with Crippen molar-refractivity contribution in [3.8, 4) is 17.2 Å². The van der Waals surface area contributed by atoms with Crippen molar-refractivity contribution in [2.45, 2.75) is 32.7 Å². The first-order valence-corrected chi connectivity index (χ1v) is 6.72. The molecule has 0 aromatic heterocycles. The molecule has 1 aliphatic carbocycles. The largest absolute Gasteiger partial charge is 0.502 e. The first-order chi connectivity index (χ1) is 9.08. The Bertz CT molecular complexity index is 416. The molecule has 19 heavy (non-hydrogen) atoms. The van der Waals surface area contributed by atoms with Crippen LogP contribution in [0.25, 0.3) is 0 Å². The molecule has 106 valence electrons. The first kappa shape index (κ1) is 14.0. The second kappa shape index (κ2) is 5.70. The monoisotopic (exact) mass is 265 g/mol. The molecule has 0 spiro atoms. The lowest BCUT2D eigenvalue weighted by molar-refractivity contribution is 0.156. The van der Waals surface area contributed by atoms with Gasteiger partial charge in [0, 0.05) is 13.1 Å². The number of methoxy groups -OCH3 is 2. The Morgan fingerprint density at radius 2 is 1.79 bits per heavy atom. The SMILES string of the molecule is COc1cc(CNCC2(C)CCC2)cc(OC)c1O. The van der Waals surface area contributed by atoms with Crippen molar-refractivity contribution in [2.24, 2.45) is 5.41 Å². The highest BCUT2D eigenvalue weighted by Crippen LogP contribution is 2.40. The first-order valence-electron chi connectivity index (χ1n) is 6.72. The van der Waals surface area contributed by atoms with Gasteiger partial charge >= 0.3 is 0 Å². The van der Waals surface area contributed by atoms with Gasteiger partial charge in [0.1, 0.15) is 0 Å². The molecular weight excluding hydrogens is 242 g/mol. The van der Waals surface area contributed by atoms with Crippen LogP contribution in [0.5, 0.6) is 17.2 Å². The fourth-order valence-electron chi connectivity index (χ4n) is 2.52. The molecular formula is C15H23NO3. The quantitative estimate of drug-likeness (QED) is 0.830. The third-order valence-electron chi connectivity index (χ3n) is 3.98. The van der Waals surface area contributed by atoms with Gasteiger partial charge < -0.3 is 19.9 Å². The molecule has 1 aliphatic rings. The summed E-state index contributed by atoms with van der Waals surface area (Å²) < 4.78 is 10.3. The number of rotatable bonds is 6. The molecule has 2 rings (SSSR count). The van der Waals surface area contributed by atoms with Crippen LogP contribution >= 0.6 is 0 Å². The number of hydrogen-bond acceptors (Lipinski definition) is 4. The van der Waals surface area contributed by atoms with Crippen molar-refractivity contribution in [3.63, 3.8) is 0 Å². The molecule has 4 heteroatoms. The second-order valence-corrected chi connectivity index (χ2v) is 5.62. The van der Waals surface area contributed by atoms with E-state index in [-0.39, 0.29) is 5.75 Å². The standard InChI is InChI=1S/C15H23NO3/c1-15(5-4-6-15)10-16-9-11-7-12(18-2)14(17)13(8-11)19-3/h7-8,16-17H,4-6,9-10H2,1-3H3. The topological polar surface area (TPSA) is 50.7 Å². The van der Waals surface area contributed by atoms with Gasteiger partial charge in [0.2, 0.25) is 5.75 Å². The van der Waals surface area contributed by atoms with Crippen LogP contribution in [-0.4, -0.2) is 25.9 Å². The Morgan fingerprint density at radius 3 is 2.21 bits per heavy atom. The predicted octanol–water partition coefficient (Wildman–Crippen LogP) is 2.69. The lowest BCUT2D eigenvalue weighted by atomic mass is 9.70. The van der Waals surface area contributed by atoms with Crippen LogP contribution in [0, 0.1) is 5.41 Å². The smallest absolute Gasteiger partial charge is 0.200 e. The number of aromatic hydroxyl groups is 1. The van der Waals surface area contributed by atoms with Gasteiger partial charge in [-0.25, -0.2) is 0 Å². The average molecular weight is 265 g/mol. The maximum absolute atomic E-state index is 9.84. The molecule has 1 saturated carbocycles. The van der Waals surface area contributed by atoms with Crippen LogP contribution in [0.2, 0.25) is 0 Å². The van der Waals surface area contributed by atoms with E-state index in [9.17, 15) is 5.11 Å². The molecule has 0 aliphatic heterocycles. The minimum Gasteiger partial charge on any atom is -0.502 e. The molecule has 0 amide bonds. The van der Waals surface area contributed by atoms with E-state index in [1.807, 2.05) is 12.1 Å². The number of benzene rings is 1. The summed E-state index contributed by atoms with van der Waals surface area (Å²) in [6.45, 7) is 4.10. The highest BCUT2D eigenvalue weighted by molar-refractivity contribution is 5.52. The fraction of sp³-hybridized carbons (Fsp3) is 0.600. The van der Waals surface area contributed by atoms with E-state index in [1.165, 1.54) is 19.3 Å². The van der Waals surface area contributed by atoms with E-state index in [2.05, 4.69) is 12.2 Å². The van der Waals surface area contributed by atoms with Crippen molar-refractivity contribution in [1.82, 2.24) is 5.32 Å². The molecule has 0 bridgehead atoms. The van der Waals surface area contributed by atoms with Gasteiger partial charge in [0.25, 0.3) is 0 Å². The number of phenols is 1. The van der Waals surface area contributed by atoms with Crippen LogP contribution in [0.1, 0.15) is 31.7 Å². The lowest BCUT2D eigenvalue weighted by Crippen LogP contribution is -2.36. The maximum Gasteiger partial charge on any atom is 0.200 e. The molecule has 1 aromatic carbocycles. The summed E-state index contributed by atoms with van der Waals surface area (Å²) in [4.78, 5) is 0. The fourth-order valence-corrected chi connectivity index (χ4v) is 2.52. The van der Waals surface area contributed by atoms with Gasteiger partial charge in [0.05, 0.1) is 14.2 Å². The Labute approximate surface area is 114 Å². The Balaban J connectivity index is 1.99. The van der Waals surface area contributed by atoms with Crippen LogP contribution < -0.4 is 14.8 Å². The van der Waals surface area contributed by atoms with Crippen LogP contribution in [0.3, 0.4) is 0 Å². The Kier molecular flexibility index (Phi) is 4.20. The van der Waals surface area contributed by atoms with E-state index < -0.39 is 0 Å². The Hall–Kier alpha value is -1.42. The highest BCUT2D eigenvalue weighted by Gasteiger charge is 2.30. The molecule has 2 N–H and O–H groups in total. The third kappa shape index (κ3) is 3.13. The van der Waals surface area contributed by atoms with Gasteiger partial charge in [-0.1, -0.05) is 13.3 Å². The lowest BCUT2D eigenvalue weighted by Gasteiger charge is -2.38. The molecule has 1 aromatic rings. The number of ether oxygens (including phenoxy) is 2. The van der Waals surface area contributed by atoms with Gasteiger partial charge in [-0.3, -0.25) is 0 Å². The average Bonchev–Trinajstić information content (AvgIpc) is 2.38. The molecule has 4 nitrogen and oxygen atoms in total. The third-order valence-corrected chi connectivity index (χ3v) is 3.98. The summed E-state index contributed by atoms with van der Waals surface area (Å²) in [6, 6.07) is 3.68. The molecule has 1 fully saturated rings. The second-order valence-electron chi connectivity index (χ2n) is 5.62. The minimum absolute atomic E-state index is 0.0553. The van der Waals surface area contributed by atoms with E-state index in [4.69, 9.17) is 9.47 Å². The van der Waals surface area contributed by atoms with Crippen molar-refractivity contribution in [2.75, 3.05) is 20.8 Å².